The normalized spacial score (nSPS) is 22.2. The monoisotopic (exact) mass is 219 g/mol. The molecular weight excluding hydrogens is 198 g/mol. The molecule has 0 spiro atoms. The molecule has 1 aromatic carbocycles. The van der Waals surface area contributed by atoms with E-state index in [-0.39, 0.29) is 0 Å². The second kappa shape index (κ2) is 6.02. The fourth-order valence-corrected chi connectivity index (χ4v) is 2.55. The van der Waals surface area contributed by atoms with Crippen LogP contribution in [-0.4, -0.2) is 29.7 Å². The molecule has 2 heteroatoms. The molecule has 0 unspecified atom stereocenters. The standard InChI is InChI=1S/C14H21NO/c16-10-8-14-7-4-9-15(12-14)11-13-5-2-1-3-6-13/h1-3,5-6,14,16H,4,7-12H2/t14-/m0/s1. The minimum absolute atomic E-state index is 0.337. The number of benzene rings is 1. The zero-order valence-corrected chi connectivity index (χ0v) is 9.81. The molecule has 1 fully saturated rings. The zero-order valence-electron chi connectivity index (χ0n) is 9.81. The average Bonchev–Trinajstić information content (AvgIpc) is 2.31. The SMILES string of the molecule is OCC[C@@H]1CCCN(Cc2ccccc2)C1. The van der Waals surface area contributed by atoms with Crippen molar-refractivity contribution in [2.75, 3.05) is 19.7 Å². The number of aliphatic hydroxyl groups is 1. The predicted molar refractivity (Wildman–Crippen MR) is 66.1 cm³/mol. The van der Waals surface area contributed by atoms with Gasteiger partial charge < -0.3 is 5.11 Å². The lowest BCUT2D eigenvalue weighted by Crippen LogP contribution is -2.35. The van der Waals surface area contributed by atoms with Crippen molar-refractivity contribution in [1.82, 2.24) is 4.90 Å². The molecule has 88 valence electrons. The Balaban J connectivity index is 1.85. The topological polar surface area (TPSA) is 23.5 Å². The maximum atomic E-state index is 8.98. The van der Waals surface area contributed by atoms with Gasteiger partial charge in [0.25, 0.3) is 0 Å². The van der Waals surface area contributed by atoms with Crippen molar-refractivity contribution in [2.45, 2.75) is 25.8 Å². The number of nitrogens with zero attached hydrogens (tertiary/aromatic N) is 1. The van der Waals surface area contributed by atoms with E-state index < -0.39 is 0 Å². The Labute approximate surface area is 97.9 Å². The van der Waals surface area contributed by atoms with E-state index in [4.69, 9.17) is 5.11 Å². The van der Waals surface area contributed by atoms with Gasteiger partial charge in [0.1, 0.15) is 0 Å². The molecule has 1 aliphatic rings. The molecule has 1 heterocycles. The van der Waals surface area contributed by atoms with Gasteiger partial charge in [-0.2, -0.15) is 0 Å². The summed E-state index contributed by atoms with van der Waals surface area (Å²) in [4.78, 5) is 2.51. The molecule has 1 atom stereocenters. The summed E-state index contributed by atoms with van der Waals surface area (Å²) in [6.07, 6.45) is 3.52. The molecule has 0 radical (unpaired) electrons. The van der Waals surface area contributed by atoms with Crippen LogP contribution in [0.4, 0.5) is 0 Å². The van der Waals surface area contributed by atoms with Gasteiger partial charge in [-0.05, 0) is 37.3 Å². The molecule has 16 heavy (non-hydrogen) atoms. The highest BCUT2D eigenvalue weighted by Crippen LogP contribution is 2.20. The Bertz CT molecular complexity index is 297. The third-order valence-corrected chi connectivity index (χ3v) is 3.39. The number of aliphatic hydroxyl groups excluding tert-OH is 1. The number of rotatable bonds is 4. The van der Waals surface area contributed by atoms with Crippen LogP contribution in [0, 0.1) is 5.92 Å². The van der Waals surface area contributed by atoms with Gasteiger partial charge in [0.05, 0.1) is 0 Å². The van der Waals surface area contributed by atoms with Crippen LogP contribution in [0.5, 0.6) is 0 Å². The second-order valence-corrected chi connectivity index (χ2v) is 4.74. The summed E-state index contributed by atoms with van der Waals surface area (Å²) in [7, 11) is 0. The third-order valence-electron chi connectivity index (χ3n) is 3.39. The van der Waals surface area contributed by atoms with Gasteiger partial charge in [0.15, 0.2) is 0 Å². The van der Waals surface area contributed by atoms with Gasteiger partial charge in [0, 0.05) is 19.7 Å². The first-order valence-electron chi connectivity index (χ1n) is 6.25. The highest BCUT2D eigenvalue weighted by molar-refractivity contribution is 5.14. The summed E-state index contributed by atoms with van der Waals surface area (Å²) in [5.41, 5.74) is 1.40. The molecule has 2 rings (SSSR count). The molecular formula is C14H21NO. The average molecular weight is 219 g/mol. The molecule has 1 saturated heterocycles. The molecule has 0 saturated carbocycles. The zero-order chi connectivity index (χ0) is 11.2. The molecule has 0 aliphatic carbocycles. The summed E-state index contributed by atoms with van der Waals surface area (Å²) in [6, 6.07) is 10.6. The molecule has 0 bridgehead atoms. The van der Waals surface area contributed by atoms with Crippen molar-refractivity contribution in [3.8, 4) is 0 Å². The summed E-state index contributed by atoms with van der Waals surface area (Å²) >= 11 is 0. The van der Waals surface area contributed by atoms with Crippen LogP contribution in [0.1, 0.15) is 24.8 Å². The summed E-state index contributed by atoms with van der Waals surface area (Å²) in [5.74, 6) is 0.697. The highest BCUT2D eigenvalue weighted by Gasteiger charge is 2.19. The van der Waals surface area contributed by atoms with Gasteiger partial charge in [-0.1, -0.05) is 30.3 Å². The van der Waals surface area contributed by atoms with Crippen LogP contribution in [0.2, 0.25) is 0 Å². The molecule has 1 aromatic rings. The maximum Gasteiger partial charge on any atom is 0.0434 e. The van der Waals surface area contributed by atoms with E-state index in [1.54, 1.807) is 0 Å². The van der Waals surface area contributed by atoms with Crippen molar-refractivity contribution in [3.05, 3.63) is 35.9 Å². The number of piperidine rings is 1. The Hall–Kier alpha value is -0.860. The molecule has 0 aromatic heterocycles. The van der Waals surface area contributed by atoms with E-state index in [0.717, 1.165) is 19.5 Å². The number of likely N-dealkylation sites (tertiary alicyclic amines) is 1. The third kappa shape index (κ3) is 3.32. The van der Waals surface area contributed by atoms with Gasteiger partial charge in [-0.3, -0.25) is 4.90 Å². The summed E-state index contributed by atoms with van der Waals surface area (Å²) in [6.45, 7) is 3.75. The van der Waals surface area contributed by atoms with Crippen LogP contribution in [0.25, 0.3) is 0 Å². The lowest BCUT2D eigenvalue weighted by molar-refractivity contribution is 0.142. The fraction of sp³-hybridized carbons (Fsp3) is 0.571. The first kappa shape index (κ1) is 11.6. The quantitative estimate of drug-likeness (QED) is 0.840. The van der Waals surface area contributed by atoms with Crippen LogP contribution in [0.15, 0.2) is 30.3 Å². The first-order chi connectivity index (χ1) is 7.88. The van der Waals surface area contributed by atoms with E-state index in [0.29, 0.717) is 12.5 Å². The lowest BCUT2D eigenvalue weighted by atomic mass is 9.95. The first-order valence-corrected chi connectivity index (χ1v) is 6.25. The Kier molecular flexibility index (Phi) is 4.37. The largest absolute Gasteiger partial charge is 0.396 e. The van der Waals surface area contributed by atoms with Crippen molar-refractivity contribution in [3.63, 3.8) is 0 Å². The van der Waals surface area contributed by atoms with Gasteiger partial charge in [-0.25, -0.2) is 0 Å². The Morgan fingerprint density at radius 3 is 2.81 bits per heavy atom. The van der Waals surface area contributed by atoms with Crippen LogP contribution >= 0.6 is 0 Å². The van der Waals surface area contributed by atoms with E-state index >= 15 is 0 Å². The van der Waals surface area contributed by atoms with E-state index in [1.165, 1.54) is 24.9 Å². The summed E-state index contributed by atoms with van der Waals surface area (Å²) in [5, 5.41) is 8.98. The van der Waals surface area contributed by atoms with Crippen LogP contribution in [-0.2, 0) is 6.54 Å². The minimum atomic E-state index is 0.337. The van der Waals surface area contributed by atoms with Crippen molar-refractivity contribution in [2.24, 2.45) is 5.92 Å². The molecule has 1 N–H and O–H groups in total. The lowest BCUT2D eigenvalue weighted by Gasteiger charge is -2.32. The van der Waals surface area contributed by atoms with Crippen molar-refractivity contribution in [1.29, 1.82) is 0 Å². The Morgan fingerprint density at radius 1 is 1.25 bits per heavy atom. The molecule has 2 nitrogen and oxygen atoms in total. The number of hydrogen-bond donors (Lipinski definition) is 1. The fourth-order valence-electron chi connectivity index (χ4n) is 2.55. The van der Waals surface area contributed by atoms with Crippen LogP contribution in [0.3, 0.4) is 0 Å². The van der Waals surface area contributed by atoms with Crippen molar-refractivity contribution >= 4 is 0 Å². The van der Waals surface area contributed by atoms with Gasteiger partial charge in [0.2, 0.25) is 0 Å². The van der Waals surface area contributed by atoms with Crippen LogP contribution < -0.4 is 0 Å². The minimum Gasteiger partial charge on any atom is -0.396 e. The predicted octanol–water partition coefficient (Wildman–Crippen LogP) is 2.28. The van der Waals surface area contributed by atoms with E-state index in [9.17, 15) is 0 Å². The second-order valence-electron chi connectivity index (χ2n) is 4.74. The van der Waals surface area contributed by atoms with Gasteiger partial charge >= 0.3 is 0 Å². The van der Waals surface area contributed by atoms with E-state index in [2.05, 4.69) is 35.2 Å². The smallest absolute Gasteiger partial charge is 0.0434 e. The maximum absolute atomic E-state index is 8.98. The summed E-state index contributed by atoms with van der Waals surface area (Å²) < 4.78 is 0. The Morgan fingerprint density at radius 2 is 2.06 bits per heavy atom. The van der Waals surface area contributed by atoms with E-state index in [1.807, 2.05) is 0 Å². The molecule has 0 amide bonds. The number of hydrogen-bond acceptors (Lipinski definition) is 2. The van der Waals surface area contributed by atoms with Crippen molar-refractivity contribution < 1.29 is 5.11 Å². The van der Waals surface area contributed by atoms with Gasteiger partial charge in [-0.15, -0.1) is 0 Å². The highest BCUT2D eigenvalue weighted by atomic mass is 16.3. The molecule has 1 aliphatic heterocycles.